The minimum absolute atomic E-state index is 0.707. The fourth-order valence-corrected chi connectivity index (χ4v) is 8.74. The zero-order valence-corrected chi connectivity index (χ0v) is 26.8. The van der Waals surface area contributed by atoms with E-state index in [1.165, 1.54) is 54.4 Å². The lowest BCUT2D eigenvalue weighted by Gasteiger charge is -2.25. The fourth-order valence-electron chi connectivity index (χ4n) is 7.66. The van der Waals surface area contributed by atoms with Crippen molar-refractivity contribution in [3.05, 3.63) is 140 Å². The van der Waals surface area contributed by atoms with Gasteiger partial charge in [-0.15, -0.1) is 11.3 Å². The lowest BCUT2D eigenvalue weighted by atomic mass is 10.0. The molecular formula is C42H29N4S+. The minimum Gasteiger partial charge on any atom is -0.308 e. The second kappa shape index (κ2) is 9.69. The Morgan fingerprint density at radius 2 is 1.26 bits per heavy atom. The van der Waals surface area contributed by atoms with E-state index >= 15 is 0 Å². The van der Waals surface area contributed by atoms with Gasteiger partial charge in [-0.1, -0.05) is 97.1 Å². The molecule has 3 aromatic heterocycles. The largest absolute Gasteiger partial charge is 0.308 e. The highest BCUT2D eigenvalue weighted by atomic mass is 32.1. The SMILES string of the molecule is C[N+]1(C)c2ccccc2-c2cc3c4ccccc4n(-c4ccccc4-c4nc(-c5ccccc5)nc5sc6ccccc6c45)c3cc21. The highest BCUT2D eigenvalue weighted by Gasteiger charge is 2.38. The van der Waals surface area contributed by atoms with Crippen LogP contribution < -0.4 is 4.48 Å². The van der Waals surface area contributed by atoms with Crippen molar-refractivity contribution in [2.75, 3.05) is 14.1 Å². The number of aromatic nitrogens is 3. The summed E-state index contributed by atoms with van der Waals surface area (Å²) in [4.78, 5) is 11.5. The van der Waals surface area contributed by atoms with Crippen LogP contribution in [0, 0.1) is 0 Å². The molecule has 0 unspecified atom stereocenters. The smallest absolute Gasteiger partial charge is 0.161 e. The molecule has 0 spiro atoms. The van der Waals surface area contributed by atoms with Crippen LogP contribution >= 0.6 is 11.3 Å². The zero-order valence-electron chi connectivity index (χ0n) is 26.0. The topological polar surface area (TPSA) is 30.7 Å². The molecule has 0 radical (unpaired) electrons. The van der Waals surface area contributed by atoms with Gasteiger partial charge < -0.3 is 4.57 Å². The van der Waals surface area contributed by atoms with Crippen molar-refractivity contribution >= 4 is 64.8 Å². The summed E-state index contributed by atoms with van der Waals surface area (Å²) in [5.41, 5.74) is 11.8. The summed E-state index contributed by atoms with van der Waals surface area (Å²) in [6.07, 6.45) is 0. The summed E-state index contributed by atoms with van der Waals surface area (Å²) in [5.74, 6) is 0.742. The summed E-state index contributed by atoms with van der Waals surface area (Å²) in [6.45, 7) is 0. The Kier molecular flexibility index (Phi) is 5.48. The number of hydrogen-bond donors (Lipinski definition) is 0. The number of nitrogens with zero attached hydrogens (tertiary/aromatic N) is 4. The molecule has 9 aromatic rings. The number of para-hydroxylation sites is 3. The maximum Gasteiger partial charge on any atom is 0.161 e. The summed E-state index contributed by atoms with van der Waals surface area (Å²) < 4.78 is 4.37. The molecular weight excluding hydrogens is 593 g/mol. The fraction of sp³-hybridized carbons (Fsp3) is 0.0476. The van der Waals surface area contributed by atoms with Gasteiger partial charge in [0.2, 0.25) is 0 Å². The molecule has 0 bridgehead atoms. The second-order valence-electron chi connectivity index (χ2n) is 12.8. The van der Waals surface area contributed by atoms with Gasteiger partial charge >= 0.3 is 0 Å². The van der Waals surface area contributed by atoms with Crippen molar-refractivity contribution in [2.24, 2.45) is 0 Å². The Morgan fingerprint density at radius 1 is 0.553 bits per heavy atom. The lowest BCUT2D eigenvalue weighted by Crippen LogP contribution is -2.31. The Balaban J connectivity index is 1.31. The van der Waals surface area contributed by atoms with Gasteiger partial charge in [-0.25, -0.2) is 9.97 Å². The van der Waals surface area contributed by atoms with Gasteiger partial charge in [-0.3, -0.25) is 4.48 Å². The summed E-state index contributed by atoms with van der Waals surface area (Å²) in [7, 11) is 4.59. The molecule has 6 aromatic carbocycles. The maximum atomic E-state index is 5.38. The highest BCUT2D eigenvalue weighted by Crippen LogP contribution is 2.53. The Labute approximate surface area is 276 Å². The molecule has 0 fully saturated rings. The van der Waals surface area contributed by atoms with E-state index in [0.29, 0.717) is 4.48 Å². The molecule has 1 aliphatic heterocycles. The van der Waals surface area contributed by atoms with Crippen molar-refractivity contribution in [2.45, 2.75) is 0 Å². The van der Waals surface area contributed by atoms with Gasteiger partial charge in [0.1, 0.15) is 16.2 Å². The molecule has 222 valence electrons. The Bertz CT molecular complexity index is 2720. The lowest BCUT2D eigenvalue weighted by molar-refractivity contribution is 0.569. The minimum atomic E-state index is 0.707. The normalized spacial score (nSPS) is 13.5. The van der Waals surface area contributed by atoms with Crippen LogP contribution in [-0.4, -0.2) is 28.6 Å². The molecule has 4 heterocycles. The van der Waals surface area contributed by atoms with Crippen LogP contribution in [0.3, 0.4) is 0 Å². The maximum absolute atomic E-state index is 5.38. The third-order valence-corrected chi connectivity index (χ3v) is 10.9. The van der Waals surface area contributed by atoms with E-state index in [0.717, 1.165) is 38.5 Å². The molecule has 0 atom stereocenters. The molecule has 0 saturated carbocycles. The van der Waals surface area contributed by atoms with Gasteiger partial charge in [0, 0.05) is 60.6 Å². The van der Waals surface area contributed by atoms with E-state index in [4.69, 9.17) is 9.97 Å². The third kappa shape index (κ3) is 3.72. The second-order valence-corrected chi connectivity index (χ2v) is 13.8. The molecule has 10 rings (SSSR count). The van der Waals surface area contributed by atoms with Gasteiger partial charge in [0.15, 0.2) is 5.82 Å². The van der Waals surface area contributed by atoms with Gasteiger partial charge in [0.25, 0.3) is 0 Å². The quantitative estimate of drug-likeness (QED) is 0.184. The van der Waals surface area contributed by atoms with Crippen LogP contribution in [0.2, 0.25) is 0 Å². The first-order chi connectivity index (χ1) is 23.1. The van der Waals surface area contributed by atoms with Crippen LogP contribution in [0.4, 0.5) is 11.4 Å². The first-order valence-corrected chi connectivity index (χ1v) is 16.8. The van der Waals surface area contributed by atoms with Crippen molar-refractivity contribution in [3.8, 4) is 39.5 Å². The van der Waals surface area contributed by atoms with Crippen molar-refractivity contribution in [3.63, 3.8) is 0 Å². The van der Waals surface area contributed by atoms with Crippen LogP contribution in [0.5, 0.6) is 0 Å². The standard InChI is InChI=1S/C42H29N4S/c1-46(2)36-22-12-8-17-28(36)32-24-31-27-16-6-10-20-33(27)45(35(31)25-37(32)46)34-21-11-7-18-29(34)40-39-30-19-9-13-23-38(30)47-42(39)44-41(43-40)26-14-4-3-5-15-26/h3-25H,1-2H3/q+1. The molecule has 4 nitrogen and oxygen atoms in total. The first kappa shape index (κ1) is 26.6. The van der Waals surface area contributed by atoms with E-state index in [1.54, 1.807) is 11.3 Å². The van der Waals surface area contributed by atoms with Crippen molar-refractivity contribution in [1.29, 1.82) is 0 Å². The molecule has 5 heteroatoms. The molecule has 0 amide bonds. The average molecular weight is 622 g/mol. The molecule has 0 aliphatic carbocycles. The number of thiophene rings is 1. The number of hydrogen-bond acceptors (Lipinski definition) is 3. The summed E-state index contributed by atoms with van der Waals surface area (Å²) in [5, 5.41) is 4.79. The predicted octanol–water partition coefficient (Wildman–Crippen LogP) is 11.2. The number of fused-ring (bicyclic) bond motifs is 9. The average Bonchev–Trinajstić information content (AvgIpc) is 3.73. The molecule has 0 N–H and O–H groups in total. The highest BCUT2D eigenvalue weighted by molar-refractivity contribution is 7.25. The Morgan fingerprint density at radius 3 is 2.13 bits per heavy atom. The number of rotatable bonds is 3. The molecule has 0 saturated heterocycles. The van der Waals surface area contributed by atoms with Crippen LogP contribution in [0.1, 0.15) is 0 Å². The predicted molar refractivity (Wildman–Crippen MR) is 199 cm³/mol. The monoisotopic (exact) mass is 621 g/mol. The van der Waals surface area contributed by atoms with Crippen LogP contribution in [0.25, 0.3) is 81.6 Å². The van der Waals surface area contributed by atoms with E-state index in [2.05, 4.69) is 152 Å². The Hall–Kier alpha value is -5.62. The van der Waals surface area contributed by atoms with Crippen molar-refractivity contribution in [1.82, 2.24) is 19.0 Å². The summed E-state index contributed by atoms with van der Waals surface area (Å²) >= 11 is 1.74. The number of quaternary nitrogens is 1. The van der Waals surface area contributed by atoms with E-state index in [9.17, 15) is 0 Å². The summed E-state index contributed by atoms with van der Waals surface area (Å²) in [6, 6.07) is 50.1. The van der Waals surface area contributed by atoms with Gasteiger partial charge in [-0.2, -0.15) is 0 Å². The van der Waals surface area contributed by atoms with E-state index in [-0.39, 0.29) is 0 Å². The molecule has 47 heavy (non-hydrogen) atoms. The first-order valence-electron chi connectivity index (χ1n) is 15.9. The third-order valence-electron chi connectivity index (χ3n) is 9.86. The van der Waals surface area contributed by atoms with Crippen molar-refractivity contribution < 1.29 is 0 Å². The van der Waals surface area contributed by atoms with E-state index in [1.807, 2.05) is 6.07 Å². The van der Waals surface area contributed by atoms with Gasteiger partial charge in [-0.05, 0) is 30.3 Å². The van der Waals surface area contributed by atoms with Crippen LogP contribution in [-0.2, 0) is 0 Å². The van der Waals surface area contributed by atoms with Crippen LogP contribution in [0.15, 0.2) is 140 Å². The van der Waals surface area contributed by atoms with Gasteiger partial charge in [0.05, 0.1) is 36.5 Å². The number of benzene rings is 6. The van der Waals surface area contributed by atoms with E-state index < -0.39 is 0 Å². The zero-order chi connectivity index (χ0) is 31.3. The molecule has 1 aliphatic rings.